The fourth-order valence-electron chi connectivity index (χ4n) is 2.04. The molecule has 0 aliphatic carbocycles. The Kier molecular flexibility index (Phi) is 8.52. The summed E-state index contributed by atoms with van der Waals surface area (Å²) in [6, 6.07) is 0. The molecule has 0 radical (unpaired) electrons. The Morgan fingerprint density at radius 1 is 1.26 bits per heavy atom. The highest BCUT2D eigenvalue weighted by Crippen LogP contribution is 2.31. The summed E-state index contributed by atoms with van der Waals surface area (Å²) >= 11 is 0. The molecule has 0 aromatic carbocycles. The van der Waals surface area contributed by atoms with E-state index in [4.69, 9.17) is 0 Å². The molecule has 19 heavy (non-hydrogen) atoms. The summed E-state index contributed by atoms with van der Waals surface area (Å²) < 4.78 is 41.9. The number of hydrogen-bond donors (Lipinski definition) is 0. The lowest BCUT2D eigenvalue weighted by Gasteiger charge is -2.19. The zero-order valence-electron chi connectivity index (χ0n) is 11.7. The third kappa shape index (κ3) is 9.56. The molecule has 0 amide bonds. The highest BCUT2D eigenvalue weighted by molar-refractivity contribution is 5.87. The molecule has 5 heteroatoms. The molecule has 2 nitrogen and oxygen atoms in total. The zero-order valence-corrected chi connectivity index (χ0v) is 11.7. The lowest BCUT2D eigenvalue weighted by atomic mass is 9.91. The lowest BCUT2D eigenvalue weighted by Crippen LogP contribution is -2.18. The topological polar surface area (TPSA) is 26.3 Å². The van der Waals surface area contributed by atoms with Crippen LogP contribution in [0.4, 0.5) is 13.2 Å². The number of alkyl halides is 3. The van der Waals surface area contributed by atoms with Gasteiger partial charge in [-0.05, 0) is 18.8 Å². The van der Waals surface area contributed by atoms with Gasteiger partial charge in [-0.2, -0.15) is 13.2 Å². The number of esters is 1. The second kappa shape index (κ2) is 8.99. The van der Waals surface area contributed by atoms with Crippen LogP contribution in [0.3, 0.4) is 0 Å². The second-order valence-corrected chi connectivity index (χ2v) is 4.83. The van der Waals surface area contributed by atoms with E-state index in [2.05, 4.69) is 11.3 Å². The number of carbonyl (C=O) groups is 1. The fourth-order valence-corrected chi connectivity index (χ4v) is 2.04. The first-order valence-electron chi connectivity index (χ1n) is 6.63. The summed E-state index contributed by atoms with van der Waals surface area (Å²) in [5, 5.41) is 0. The van der Waals surface area contributed by atoms with Crippen LogP contribution in [0.25, 0.3) is 0 Å². The highest BCUT2D eigenvalue weighted by Gasteiger charge is 2.32. The predicted octanol–water partition coefficient (Wildman–Crippen LogP) is 4.64. The van der Waals surface area contributed by atoms with Crippen LogP contribution in [0, 0.1) is 5.92 Å². The van der Waals surface area contributed by atoms with Gasteiger partial charge in [-0.15, -0.1) is 0 Å². The number of methoxy groups -OCH3 is 1. The van der Waals surface area contributed by atoms with Crippen molar-refractivity contribution >= 4 is 5.97 Å². The van der Waals surface area contributed by atoms with Gasteiger partial charge in [0, 0.05) is 12.0 Å². The number of hydrogen-bond acceptors (Lipinski definition) is 2. The Morgan fingerprint density at radius 3 is 2.37 bits per heavy atom. The average Bonchev–Trinajstić information content (AvgIpc) is 2.31. The zero-order chi connectivity index (χ0) is 14.9. The SMILES string of the molecule is C=C(CC(CCCCCC)CC(F)(F)F)C(=O)OC. The summed E-state index contributed by atoms with van der Waals surface area (Å²) in [4.78, 5) is 11.2. The van der Waals surface area contributed by atoms with E-state index in [1.54, 1.807) is 0 Å². The molecule has 0 rings (SSSR count). The smallest absolute Gasteiger partial charge is 0.389 e. The van der Waals surface area contributed by atoms with Crippen LogP contribution in [0.15, 0.2) is 12.2 Å². The van der Waals surface area contributed by atoms with Crippen molar-refractivity contribution in [2.24, 2.45) is 5.92 Å². The van der Waals surface area contributed by atoms with E-state index in [9.17, 15) is 18.0 Å². The van der Waals surface area contributed by atoms with Crippen molar-refractivity contribution in [3.05, 3.63) is 12.2 Å². The van der Waals surface area contributed by atoms with Gasteiger partial charge in [0.25, 0.3) is 0 Å². The summed E-state index contributed by atoms with van der Waals surface area (Å²) in [6.45, 7) is 5.55. The Balaban J connectivity index is 4.33. The Hall–Kier alpha value is -1.00. The van der Waals surface area contributed by atoms with Crippen molar-refractivity contribution in [3.63, 3.8) is 0 Å². The minimum absolute atomic E-state index is 0.0539. The van der Waals surface area contributed by atoms with Gasteiger partial charge in [0.1, 0.15) is 0 Å². The Morgan fingerprint density at radius 2 is 1.89 bits per heavy atom. The van der Waals surface area contributed by atoms with Crippen LogP contribution in [-0.2, 0) is 9.53 Å². The molecule has 1 atom stereocenters. The molecule has 0 aromatic rings. The fraction of sp³-hybridized carbons (Fsp3) is 0.786. The first kappa shape index (κ1) is 18.0. The van der Waals surface area contributed by atoms with E-state index in [-0.39, 0.29) is 12.0 Å². The molecule has 0 aliphatic rings. The van der Waals surface area contributed by atoms with Crippen molar-refractivity contribution in [3.8, 4) is 0 Å². The first-order valence-corrected chi connectivity index (χ1v) is 6.63. The van der Waals surface area contributed by atoms with E-state index in [1.165, 1.54) is 7.11 Å². The molecule has 112 valence electrons. The van der Waals surface area contributed by atoms with Crippen molar-refractivity contribution in [1.29, 1.82) is 0 Å². The van der Waals surface area contributed by atoms with Crippen molar-refractivity contribution in [2.45, 2.75) is 58.0 Å². The number of ether oxygens (including phenoxy) is 1. The Labute approximate surface area is 113 Å². The minimum atomic E-state index is -4.20. The second-order valence-electron chi connectivity index (χ2n) is 4.83. The third-order valence-electron chi connectivity index (χ3n) is 3.00. The number of halogens is 3. The quantitative estimate of drug-likeness (QED) is 0.349. The molecule has 0 heterocycles. The van der Waals surface area contributed by atoms with E-state index < -0.39 is 24.5 Å². The van der Waals surface area contributed by atoms with Crippen LogP contribution < -0.4 is 0 Å². The van der Waals surface area contributed by atoms with E-state index in [0.29, 0.717) is 6.42 Å². The molecule has 1 unspecified atom stereocenters. The van der Waals surface area contributed by atoms with Crippen LogP contribution in [0.1, 0.15) is 51.9 Å². The molecule has 0 aliphatic heterocycles. The van der Waals surface area contributed by atoms with Gasteiger partial charge >= 0.3 is 12.1 Å². The molecule has 0 saturated carbocycles. The standard InChI is InChI=1S/C14H23F3O2/c1-4-5-6-7-8-12(10-14(15,16)17)9-11(2)13(18)19-3/h12H,2,4-10H2,1,3H3. The molecule has 0 N–H and O–H groups in total. The first-order chi connectivity index (χ1) is 8.80. The van der Waals surface area contributed by atoms with E-state index in [0.717, 1.165) is 25.7 Å². The lowest BCUT2D eigenvalue weighted by molar-refractivity contribution is -0.146. The minimum Gasteiger partial charge on any atom is -0.466 e. The molecule has 0 bridgehead atoms. The van der Waals surface area contributed by atoms with Crippen molar-refractivity contribution in [1.82, 2.24) is 0 Å². The van der Waals surface area contributed by atoms with Crippen LogP contribution >= 0.6 is 0 Å². The summed E-state index contributed by atoms with van der Waals surface area (Å²) in [6.07, 6.45) is -0.803. The van der Waals surface area contributed by atoms with Gasteiger partial charge in [0.2, 0.25) is 0 Å². The number of rotatable bonds is 9. The maximum Gasteiger partial charge on any atom is 0.389 e. The normalized spacial score (nSPS) is 13.1. The molecule has 0 spiro atoms. The monoisotopic (exact) mass is 280 g/mol. The van der Waals surface area contributed by atoms with Gasteiger partial charge in [-0.1, -0.05) is 39.2 Å². The van der Waals surface area contributed by atoms with Gasteiger partial charge in [-0.3, -0.25) is 0 Å². The van der Waals surface area contributed by atoms with Crippen molar-refractivity contribution < 1.29 is 22.7 Å². The van der Waals surface area contributed by atoms with Gasteiger partial charge in [0.15, 0.2) is 0 Å². The van der Waals surface area contributed by atoms with Gasteiger partial charge in [-0.25, -0.2) is 4.79 Å². The number of carbonyl (C=O) groups excluding carboxylic acids is 1. The highest BCUT2D eigenvalue weighted by atomic mass is 19.4. The molecule has 0 fully saturated rings. The molecule has 0 aromatic heterocycles. The van der Waals surface area contributed by atoms with Gasteiger partial charge < -0.3 is 4.74 Å². The molecular weight excluding hydrogens is 257 g/mol. The predicted molar refractivity (Wildman–Crippen MR) is 68.7 cm³/mol. The molecular formula is C14H23F3O2. The largest absolute Gasteiger partial charge is 0.466 e. The van der Waals surface area contributed by atoms with E-state index >= 15 is 0 Å². The maximum absolute atomic E-state index is 12.5. The number of unbranched alkanes of at least 4 members (excludes halogenated alkanes) is 3. The summed E-state index contributed by atoms with van der Waals surface area (Å²) in [5.41, 5.74) is 0.118. The van der Waals surface area contributed by atoms with E-state index in [1.807, 2.05) is 6.92 Å². The molecule has 0 saturated heterocycles. The maximum atomic E-state index is 12.5. The summed E-state index contributed by atoms with van der Waals surface area (Å²) in [5.74, 6) is -1.20. The summed E-state index contributed by atoms with van der Waals surface area (Å²) in [7, 11) is 1.20. The van der Waals surface area contributed by atoms with Crippen molar-refractivity contribution in [2.75, 3.05) is 7.11 Å². The van der Waals surface area contributed by atoms with Gasteiger partial charge in [0.05, 0.1) is 7.11 Å². The third-order valence-corrected chi connectivity index (χ3v) is 3.00. The van der Waals surface area contributed by atoms with Crippen LogP contribution in [-0.4, -0.2) is 19.3 Å². The van der Waals surface area contributed by atoms with Crippen LogP contribution in [0.5, 0.6) is 0 Å². The Bertz CT molecular complexity index is 285. The average molecular weight is 280 g/mol. The van der Waals surface area contributed by atoms with Crippen LogP contribution in [0.2, 0.25) is 0 Å².